The predicted octanol–water partition coefficient (Wildman–Crippen LogP) is 3.24. The van der Waals surface area contributed by atoms with Gasteiger partial charge in [-0.05, 0) is 32.1 Å². The summed E-state index contributed by atoms with van der Waals surface area (Å²) in [7, 11) is 1.43. The highest BCUT2D eigenvalue weighted by Gasteiger charge is 2.49. The number of aromatic nitrogens is 2. The Morgan fingerprint density at radius 2 is 2.24 bits per heavy atom. The average Bonchev–Trinajstić information content (AvgIpc) is 2.82. The van der Waals surface area contributed by atoms with Gasteiger partial charge in [-0.3, -0.25) is 4.68 Å². The van der Waals surface area contributed by atoms with Gasteiger partial charge in [0, 0.05) is 6.54 Å². The van der Waals surface area contributed by atoms with Crippen molar-refractivity contribution in [1.29, 1.82) is 0 Å². The van der Waals surface area contributed by atoms with Gasteiger partial charge in [0.05, 0.1) is 19.2 Å². The lowest BCUT2D eigenvalue weighted by Crippen LogP contribution is -2.40. The van der Waals surface area contributed by atoms with Gasteiger partial charge in [-0.2, -0.15) is 18.3 Å². The van der Waals surface area contributed by atoms with Gasteiger partial charge >= 0.3 is 6.18 Å². The summed E-state index contributed by atoms with van der Waals surface area (Å²) in [5, 5.41) is 15.0. The lowest BCUT2D eigenvalue weighted by molar-refractivity contribution is -0.202. The highest BCUT2D eigenvalue weighted by molar-refractivity contribution is 5.31. The lowest BCUT2D eigenvalue weighted by Gasteiger charge is -2.38. The van der Waals surface area contributed by atoms with Crippen LogP contribution in [0.4, 0.5) is 13.2 Å². The summed E-state index contributed by atoms with van der Waals surface area (Å²) in [6.45, 7) is 2.49. The Morgan fingerprint density at radius 3 is 2.81 bits per heavy atom. The van der Waals surface area contributed by atoms with Crippen molar-refractivity contribution >= 4 is 0 Å². The van der Waals surface area contributed by atoms with Gasteiger partial charge in [0.1, 0.15) is 11.3 Å². The van der Waals surface area contributed by atoms with E-state index in [9.17, 15) is 18.3 Å². The topological polar surface area (TPSA) is 47.3 Å². The molecule has 0 amide bonds. The number of alkyl halides is 3. The van der Waals surface area contributed by atoms with E-state index in [1.54, 1.807) is 4.68 Å². The van der Waals surface area contributed by atoms with Crippen molar-refractivity contribution in [2.45, 2.75) is 57.3 Å². The summed E-state index contributed by atoms with van der Waals surface area (Å²) in [6, 6.07) is 0. The van der Waals surface area contributed by atoms with Gasteiger partial charge in [-0.15, -0.1) is 0 Å². The molecule has 7 heteroatoms. The van der Waals surface area contributed by atoms with Gasteiger partial charge in [-0.1, -0.05) is 6.92 Å². The second kappa shape index (κ2) is 5.87. The maximum absolute atomic E-state index is 13.0. The van der Waals surface area contributed by atoms with Crippen molar-refractivity contribution in [1.82, 2.24) is 9.78 Å². The van der Waals surface area contributed by atoms with Gasteiger partial charge < -0.3 is 9.84 Å². The van der Waals surface area contributed by atoms with Gasteiger partial charge in [0.25, 0.3) is 0 Å². The first-order valence-electron chi connectivity index (χ1n) is 7.21. The standard InChI is InChI=1S/C14H21F3N2O2/c1-3-7-19-12(11(21-2)9-18-19)13(20)6-4-5-10(8-13)14(15,16)17/h9-10,20H,3-8H2,1-2H3. The van der Waals surface area contributed by atoms with E-state index in [4.69, 9.17) is 4.74 Å². The smallest absolute Gasteiger partial charge is 0.391 e. The molecule has 0 spiro atoms. The maximum atomic E-state index is 13.0. The van der Waals surface area contributed by atoms with Crippen LogP contribution in [0.25, 0.3) is 0 Å². The lowest BCUT2D eigenvalue weighted by atomic mass is 9.75. The van der Waals surface area contributed by atoms with Crippen LogP contribution >= 0.6 is 0 Å². The molecule has 0 bridgehead atoms. The second-order valence-electron chi connectivity index (χ2n) is 5.65. The van der Waals surface area contributed by atoms with E-state index in [0.29, 0.717) is 30.8 Å². The van der Waals surface area contributed by atoms with Crippen LogP contribution in [0.2, 0.25) is 0 Å². The molecule has 21 heavy (non-hydrogen) atoms. The first kappa shape index (κ1) is 16.1. The zero-order valence-electron chi connectivity index (χ0n) is 12.3. The molecule has 1 heterocycles. The largest absolute Gasteiger partial charge is 0.493 e. The molecule has 120 valence electrons. The highest BCUT2D eigenvalue weighted by Crippen LogP contribution is 2.48. The number of methoxy groups -OCH3 is 1. The minimum absolute atomic E-state index is 0.0655. The van der Waals surface area contributed by atoms with Crippen LogP contribution in [-0.4, -0.2) is 28.2 Å². The number of aryl methyl sites for hydroxylation is 1. The molecule has 1 aromatic heterocycles. The van der Waals surface area contributed by atoms with Crippen molar-refractivity contribution in [3.63, 3.8) is 0 Å². The van der Waals surface area contributed by atoms with Crippen LogP contribution < -0.4 is 4.74 Å². The molecule has 1 saturated carbocycles. The summed E-state index contributed by atoms with van der Waals surface area (Å²) in [6.07, 6.45) is -1.68. The van der Waals surface area contributed by atoms with Crippen LogP contribution in [0.1, 0.15) is 44.7 Å². The summed E-state index contributed by atoms with van der Waals surface area (Å²) in [5.41, 5.74) is -1.16. The van der Waals surface area contributed by atoms with E-state index in [1.807, 2.05) is 6.92 Å². The van der Waals surface area contributed by atoms with Crippen molar-refractivity contribution in [2.75, 3.05) is 7.11 Å². The predicted molar refractivity (Wildman–Crippen MR) is 71.0 cm³/mol. The van der Waals surface area contributed by atoms with E-state index < -0.39 is 17.7 Å². The summed E-state index contributed by atoms with van der Waals surface area (Å²) in [4.78, 5) is 0. The molecule has 1 fully saturated rings. The molecular formula is C14H21F3N2O2. The monoisotopic (exact) mass is 306 g/mol. The number of rotatable bonds is 4. The minimum atomic E-state index is -4.28. The third kappa shape index (κ3) is 3.17. The molecule has 2 rings (SSSR count). The molecule has 2 atom stereocenters. The molecule has 2 unspecified atom stereocenters. The Hall–Kier alpha value is -1.24. The first-order valence-corrected chi connectivity index (χ1v) is 7.21. The number of hydrogen-bond donors (Lipinski definition) is 1. The quantitative estimate of drug-likeness (QED) is 0.929. The third-order valence-electron chi connectivity index (χ3n) is 4.09. The van der Waals surface area contributed by atoms with Crippen LogP contribution in [-0.2, 0) is 12.1 Å². The van der Waals surface area contributed by atoms with Crippen molar-refractivity contribution < 1.29 is 23.0 Å². The van der Waals surface area contributed by atoms with Crippen LogP contribution in [0.3, 0.4) is 0 Å². The minimum Gasteiger partial charge on any atom is -0.493 e. The Morgan fingerprint density at radius 1 is 1.52 bits per heavy atom. The molecule has 0 aliphatic heterocycles. The fourth-order valence-corrected chi connectivity index (χ4v) is 3.12. The normalized spacial score (nSPS) is 26.9. The van der Waals surface area contributed by atoms with Crippen LogP contribution in [0.5, 0.6) is 5.75 Å². The van der Waals surface area contributed by atoms with E-state index in [2.05, 4.69) is 5.10 Å². The van der Waals surface area contributed by atoms with Gasteiger partial charge in [0.2, 0.25) is 0 Å². The average molecular weight is 306 g/mol. The van der Waals surface area contributed by atoms with Gasteiger partial charge in [0.15, 0.2) is 5.75 Å². The molecule has 1 aromatic rings. The molecule has 1 aliphatic rings. The van der Waals surface area contributed by atoms with Gasteiger partial charge in [-0.25, -0.2) is 0 Å². The fourth-order valence-electron chi connectivity index (χ4n) is 3.12. The fraction of sp³-hybridized carbons (Fsp3) is 0.786. The van der Waals surface area contributed by atoms with Crippen molar-refractivity contribution in [2.24, 2.45) is 5.92 Å². The SMILES string of the molecule is CCCn1ncc(OC)c1C1(O)CCCC(C(F)(F)F)C1. The van der Waals surface area contributed by atoms with Crippen LogP contribution in [0.15, 0.2) is 6.20 Å². The van der Waals surface area contributed by atoms with E-state index in [-0.39, 0.29) is 12.8 Å². The number of halogens is 3. The number of ether oxygens (including phenoxy) is 1. The molecule has 0 aromatic carbocycles. The molecule has 0 saturated heterocycles. The molecule has 1 N–H and O–H groups in total. The summed E-state index contributed by atoms with van der Waals surface area (Å²) < 4.78 is 45.7. The zero-order chi connectivity index (χ0) is 15.7. The second-order valence-corrected chi connectivity index (χ2v) is 5.65. The third-order valence-corrected chi connectivity index (χ3v) is 4.09. The molecule has 0 radical (unpaired) electrons. The Balaban J connectivity index is 2.36. The number of aliphatic hydroxyl groups is 1. The number of nitrogens with zero attached hydrogens (tertiary/aromatic N) is 2. The van der Waals surface area contributed by atoms with E-state index >= 15 is 0 Å². The van der Waals surface area contributed by atoms with E-state index in [1.165, 1.54) is 13.3 Å². The molecule has 1 aliphatic carbocycles. The van der Waals surface area contributed by atoms with E-state index in [0.717, 1.165) is 6.42 Å². The summed E-state index contributed by atoms with van der Waals surface area (Å²) >= 11 is 0. The van der Waals surface area contributed by atoms with Crippen LogP contribution in [0, 0.1) is 5.92 Å². The maximum Gasteiger partial charge on any atom is 0.391 e. The Bertz CT molecular complexity index is 487. The van der Waals surface area contributed by atoms with Crippen molar-refractivity contribution in [3.05, 3.63) is 11.9 Å². The zero-order valence-corrected chi connectivity index (χ0v) is 12.3. The molecular weight excluding hydrogens is 285 g/mol. The highest BCUT2D eigenvalue weighted by atomic mass is 19.4. The van der Waals surface area contributed by atoms with Crippen molar-refractivity contribution in [3.8, 4) is 5.75 Å². The Labute approximate surface area is 121 Å². The first-order chi connectivity index (χ1) is 9.81. The molecule has 4 nitrogen and oxygen atoms in total. The number of hydrogen-bond acceptors (Lipinski definition) is 3. The Kier molecular flexibility index (Phi) is 4.51. The summed E-state index contributed by atoms with van der Waals surface area (Å²) in [5.74, 6) is -1.13.